The van der Waals surface area contributed by atoms with Gasteiger partial charge in [-0.1, -0.05) is 24.0 Å². The Morgan fingerprint density at radius 1 is 1.57 bits per heavy atom. The van der Waals surface area contributed by atoms with E-state index in [1.165, 1.54) is 6.07 Å². The summed E-state index contributed by atoms with van der Waals surface area (Å²) in [5.41, 5.74) is 0.983. The molecule has 0 aromatic heterocycles. The molecular weight excluding hydrogens is 183 g/mol. The SMILES string of the molecule is Cc1cccc(F)c1C#CCC(=O)O. The molecule has 1 aromatic rings. The Kier molecular flexibility index (Phi) is 3.24. The van der Waals surface area contributed by atoms with Gasteiger partial charge in [-0.3, -0.25) is 4.79 Å². The Labute approximate surface area is 81.4 Å². The Morgan fingerprint density at radius 3 is 2.86 bits per heavy atom. The summed E-state index contributed by atoms with van der Waals surface area (Å²) in [6.07, 6.45) is -0.270. The van der Waals surface area contributed by atoms with E-state index in [-0.39, 0.29) is 12.0 Å². The van der Waals surface area contributed by atoms with Crippen LogP contribution < -0.4 is 0 Å². The fourth-order valence-electron chi connectivity index (χ4n) is 0.998. The van der Waals surface area contributed by atoms with Gasteiger partial charge in [-0.25, -0.2) is 4.39 Å². The Morgan fingerprint density at radius 2 is 2.29 bits per heavy atom. The maximum absolute atomic E-state index is 13.1. The summed E-state index contributed by atoms with van der Waals surface area (Å²) in [5, 5.41) is 8.33. The highest BCUT2D eigenvalue weighted by molar-refractivity contribution is 5.70. The number of carboxylic acids is 1. The van der Waals surface area contributed by atoms with E-state index in [9.17, 15) is 9.18 Å². The lowest BCUT2D eigenvalue weighted by molar-refractivity contribution is -0.135. The van der Waals surface area contributed by atoms with E-state index in [2.05, 4.69) is 11.8 Å². The van der Waals surface area contributed by atoms with Gasteiger partial charge in [0.1, 0.15) is 12.2 Å². The van der Waals surface area contributed by atoms with Gasteiger partial charge in [0.25, 0.3) is 0 Å². The number of carbonyl (C=O) groups is 1. The molecule has 0 radical (unpaired) electrons. The van der Waals surface area contributed by atoms with Crippen LogP contribution in [0.5, 0.6) is 0 Å². The molecule has 0 fully saturated rings. The van der Waals surface area contributed by atoms with Crippen LogP contribution in [0.15, 0.2) is 18.2 Å². The van der Waals surface area contributed by atoms with Gasteiger partial charge >= 0.3 is 5.97 Å². The van der Waals surface area contributed by atoms with Crippen molar-refractivity contribution in [1.82, 2.24) is 0 Å². The van der Waals surface area contributed by atoms with Gasteiger partial charge in [-0.15, -0.1) is 0 Å². The highest BCUT2D eigenvalue weighted by Crippen LogP contribution is 2.10. The number of hydrogen-bond acceptors (Lipinski definition) is 1. The number of aliphatic carboxylic acids is 1. The molecule has 0 amide bonds. The number of hydrogen-bond donors (Lipinski definition) is 1. The monoisotopic (exact) mass is 192 g/mol. The third-order valence-electron chi connectivity index (χ3n) is 1.67. The van der Waals surface area contributed by atoms with Gasteiger partial charge in [0.2, 0.25) is 0 Å². The van der Waals surface area contributed by atoms with Crippen LogP contribution in [0.25, 0.3) is 0 Å². The van der Waals surface area contributed by atoms with Crippen LogP contribution in [0.1, 0.15) is 17.5 Å². The third-order valence-corrected chi connectivity index (χ3v) is 1.67. The van der Waals surface area contributed by atoms with Crippen molar-refractivity contribution in [3.8, 4) is 11.8 Å². The first kappa shape index (κ1) is 10.3. The first-order valence-electron chi connectivity index (χ1n) is 4.07. The summed E-state index contributed by atoms with van der Waals surface area (Å²) in [7, 11) is 0. The summed E-state index contributed by atoms with van der Waals surface area (Å²) in [4.78, 5) is 10.2. The molecule has 0 unspecified atom stereocenters. The van der Waals surface area contributed by atoms with Crippen LogP contribution in [0.3, 0.4) is 0 Å². The Balaban J connectivity index is 2.94. The summed E-state index contributed by atoms with van der Waals surface area (Å²) >= 11 is 0. The topological polar surface area (TPSA) is 37.3 Å². The minimum atomic E-state index is -1.01. The molecule has 0 heterocycles. The second kappa shape index (κ2) is 4.43. The number of rotatable bonds is 1. The van der Waals surface area contributed by atoms with Crippen LogP contribution in [0.4, 0.5) is 4.39 Å². The zero-order valence-electron chi connectivity index (χ0n) is 7.67. The van der Waals surface area contributed by atoms with Gasteiger partial charge in [0, 0.05) is 0 Å². The van der Waals surface area contributed by atoms with Gasteiger partial charge in [0.15, 0.2) is 0 Å². The quantitative estimate of drug-likeness (QED) is 0.690. The largest absolute Gasteiger partial charge is 0.481 e. The fourth-order valence-corrected chi connectivity index (χ4v) is 0.998. The van der Waals surface area contributed by atoms with E-state index in [0.29, 0.717) is 5.56 Å². The lowest BCUT2D eigenvalue weighted by atomic mass is 10.1. The summed E-state index contributed by atoms with van der Waals surface area (Å²) in [5.74, 6) is 3.48. The third kappa shape index (κ3) is 2.60. The van der Waals surface area contributed by atoms with E-state index >= 15 is 0 Å². The first-order valence-corrected chi connectivity index (χ1v) is 4.07. The summed E-state index contributed by atoms with van der Waals surface area (Å²) < 4.78 is 13.1. The number of carboxylic acid groups (broad SMARTS) is 1. The van der Waals surface area contributed by atoms with Crippen LogP contribution >= 0.6 is 0 Å². The summed E-state index contributed by atoms with van der Waals surface area (Å²) in [6, 6.07) is 4.62. The molecule has 0 aliphatic rings. The lowest BCUT2D eigenvalue weighted by Gasteiger charge is -1.97. The highest BCUT2D eigenvalue weighted by atomic mass is 19.1. The van der Waals surface area contributed by atoms with Gasteiger partial charge < -0.3 is 5.11 Å². The van der Waals surface area contributed by atoms with E-state index in [1.807, 2.05) is 0 Å². The van der Waals surface area contributed by atoms with Crippen molar-refractivity contribution in [2.75, 3.05) is 0 Å². The minimum Gasteiger partial charge on any atom is -0.481 e. The van der Waals surface area contributed by atoms with Crippen molar-refractivity contribution in [2.24, 2.45) is 0 Å². The van der Waals surface area contributed by atoms with Crippen molar-refractivity contribution < 1.29 is 14.3 Å². The van der Waals surface area contributed by atoms with E-state index in [0.717, 1.165) is 0 Å². The van der Waals surface area contributed by atoms with Gasteiger partial charge in [0.05, 0.1) is 5.56 Å². The average Bonchev–Trinajstić information content (AvgIpc) is 2.09. The Hall–Kier alpha value is -1.82. The maximum atomic E-state index is 13.1. The molecule has 0 atom stereocenters. The van der Waals surface area contributed by atoms with Crippen LogP contribution in [0, 0.1) is 24.6 Å². The molecule has 0 spiro atoms. The van der Waals surface area contributed by atoms with Crippen molar-refractivity contribution in [1.29, 1.82) is 0 Å². The molecule has 0 saturated heterocycles. The van der Waals surface area contributed by atoms with Crippen LogP contribution in [0.2, 0.25) is 0 Å². The molecule has 0 saturated carbocycles. The second-order valence-corrected chi connectivity index (χ2v) is 2.80. The second-order valence-electron chi connectivity index (χ2n) is 2.80. The predicted octanol–water partition coefficient (Wildman–Crippen LogP) is 1.96. The molecule has 2 nitrogen and oxygen atoms in total. The standard InChI is InChI=1S/C11H9FO2/c1-8-4-2-6-10(12)9(8)5-3-7-11(13)14/h2,4,6H,7H2,1H3,(H,13,14). The van der Waals surface area contributed by atoms with Crippen LogP contribution in [-0.2, 0) is 4.79 Å². The highest BCUT2D eigenvalue weighted by Gasteiger charge is 2.00. The average molecular weight is 192 g/mol. The lowest BCUT2D eigenvalue weighted by Crippen LogP contribution is -1.92. The molecule has 0 bridgehead atoms. The molecule has 3 heteroatoms. The molecule has 72 valence electrons. The molecule has 14 heavy (non-hydrogen) atoms. The fraction of sp³-hybridized carbons (Fsp3) is 0.182. The zero-order chi connectivity index (χ0) is 10.6. The molecule has 1 N–H and O–H groups in total. The van der Waals surface area contributed by atoms with E-state index in [1.54, 1.807) is 19.1 Å². The number of aryl methyl sites for hydroxylation is 1. The van der Waals surface area contributed by atoms with Gasteiger partial charge in [-0.05, 0) is 18.6 Å². The molecule has 1 aromatic carbocycles. The van der Waals surface area contributed by atoms with Crippen LogP contribution in [-0.4, -0.2) is 11.1 Å². The summed E-state index contributed by atoms with van der Waals surface area (Å²) in [6.45, 7) is 1.73. The van der Waals surface area contributed by atoms with E-state index < -0.39 is 11.8 Å². The first-order chi connectivity index (χ1) is 6.61. The number of benzene rings is 1. The van der Waals surface area contributed by atoms with Crippen molar-refractivity contribution in [2.45, 2.75) is 13.3 Å². The smallest absolute Gasteiger partial charge is 0.315 e. The van der Waals surface area contributed by atoms with Crippen molar-refractivity contribution in [3.63, 3.8) is 0 Å². The van der Waals surface area contributed by atoms with E-state index in [4.69, 9.17) is 5.11 Å². The molecule has 0 aliphatic heterocycles. The zero-order valence-corrected chi connectivity index (χ0v) is 7.67. The van der Waals surface area contributed by atoms with Crippen molar-refractivity contribution >= 4 is 5.97 Å². The minimum absolute atomic E-state index is 0.270. The van der Waals surface area contributed by atoms with Crippen molar-refractivity contribution in [3.05, 3.63) is 35.1 Å². The maximum Gasteiger partial charge on any atom is 0.315 e. The molecular formula is C11H9FO2. The Bertz CT molecular complexity index is 393. The van der Waals surface area contributed by atoms with Gasteiger partial charge in [-0.2, -0.15) is 0 Å². The number of halogens is 1. The molecule has 1 rings (SSSR count). The predicted molar refractivity (Wildman–Crippen MR) is 50.3 cm³/mol. The normalized spacial score (nSPS) is 9.00. The molecule has 0 aliphatic carbocycles.